The van der Waals surface area contributed by atoms with Crippen molar-refractivity contribution in [2.75, 3.05) is 6.61 Å². The first-order valence-corrected chi connectivity index (χ1v) is 7.70. The zero-order chi connectivity index (χ0) is 14.6. The van der Waals surface area contributed by atoms with E-state index in [1.165, 1.54) is 32.1 Å². The predicted molar refractivity (Wildman–Crippen MR) is 81.2 cm³/mol. The van der Waals surface area contributed by atoms with Gasteiger partial charge in [0.1, 0.15) is 5.75 Å². The Balaban J connectivity index is 2.39. The van der Waals surface area contributed by atoms with Crippen molar-refractivity contribution in [1.82, 2.24) is 0 Å². The summed E-state index contributed by atoms with van der Waals surface area (Å²) in [5, 5.41) is 0. The summed E-state index contributed by atoms with van der Waals surface area (Å²) in [6.07, 6.45) is 7.88. The highest BCUT2D eigenvalue weighted by atomic mass is 16.7. The minimum absolute atomic E-state index is 0.332. The van der Waals surface area contributed by atoms with Crippen LogP contribution in [0.4, 0.5) is 4.79 Å². The van der Waals surface area contributed by atoms with E-state index in [2.05, 4.69) is 6.92 Å². The van der Waals surface area contributed by atoms with Crippen molar-refractivity contribution in [2.45, 2.75) is 58.8 Å². The fourth-order valence-electron chi connectivity index (χ4n) is 2.14. The van der Waals surface area contributed by atoms with Crippen molar-refractivity contribution in [1.29, 1.82) is 0 Å². The zero-order valence-electron chi connectivity index (χ0n) is 12.7. The van der Waals surface area contributed by atoms with Crippen LogP contribution >= 0.6 is 0 Å². The monoisotopic (exact) mass is 278 g/mol. The molecular weight excluding hydrogens is 252 g/mol. The second kappa shape index (κ2) is 10.3. The molecule has 0 heterocycles. The summed E-state index contributed by atoms with van der Waals surface area (Å²) in [6.45, 7) is 4.32. The van der Waals surface area contributed by atoms with Crippen LogP contribution in [0.15, 0.2) is 24.3 Å². The van der Waals surface area contributed by atoms with E-state index in [0.29, 0.717) is 12.4 Å². The molecule has 1 rings (SSSR count). The van der Waals surface area contributed by atoms with Crippen molar-refractivity contribution >= 4 is 6.16 Å². The smallest absolute Gasteiger partial charge is 0.434 e. The summed E-state index contributed by atoms with van der Waals surface area (Å²) < 4.78 is 10.0. The van der Waals surface area contributed by atoms with Crippen molar-refractivity contribution < 1.29 is 14.3 Å². The minimum atomic E-state index is -0.622. The Labute approximate surface area is 122 Å². The molecule has 0 saturated carbocycles. The Bertz CT molecular complexity index is 388. The molecule has 0 aliphatic carbocycles. The van der Waals surface area contributed by atoms with E-state index < -0.39 is 6.16 Å². The van der Waals surface area contributed by atoms with Gasteiger partial charge in [0.05, 0.1) is 6.61 Å². The fourth-order valence-corrected chi connectivity index (χ4v) is 2.14. The van der Waals surface area contributed by atoms with Crippen LogP contribution in [0.2, 0.25) is 0 Å². The fraction of sp³-hybridized carbons (Fsp3) is 0.588. The molecule has 112 valence electrons. The minimum Gasteiger partial charge on any atom is -0.434 e. The molecule has 1 aromatic rings. The Morgan fingerprint density at radius 3 is 2.45 bits per heavy atom. The van der Waals surface area contributed by atoms with E-state index in [9.17, 15) is 4.79 Å². The third-order valence-electron chi connectivity index (χ3n) is 3.23. The van der Waals surface area contributed by atoms with Gasteiger partial charge in [0.2, 0.25) is 0 Å². The van der Waals surface area contributed by atoms with Gasteiger partial charge in [0, 0.05) is 0 Å². The van der Waals surface area contributed by atoms with Gasteiger partial charge < -0.3 is 9.47 Å². The summed E-state index contributed by atoms with van der Waals surface area (Å²) in [5.74, 6) is 0.625. The maximum Gasteiger partial charge on any atom is 0.513 e. The normalized spacial score (nSPS) is 10.3. The Kier molecular flexibility index (Phi) is 8.52. The molecule has 0 bridgehead atoms. The molecular formula is C17H26O3. The molecule has 0 amide bonds. The first kappa shape index (κ1) is 16.5. The lowest BCUT2D eigenvalue weighted by Crippen LogP contribution is -2.11. The molecule has 0 radical (unpaired) electrons. The van der Waals surface area contributed by atoms with Gasteiger partial charge in [-0.25, -0.2) is 4.79 Å². The number of unbranched alkanes of at least 4 members (excludes halogenated alkanes) is 5. The quantitative estimate of drug-likeness (QED) is 0.357. The van der Waals surface area contributed by atoms with Gasteiger partial charge in [-0.1, -0.05) is 57.2 Å². The molecule has 0 spiro atoms. The molecule has 1 aromatic carbocycles. The van der Waals surface area contributed by atoms with Gasteiger partial charge in [0.15, 0.2) is 0 Å². The number of ether oxygens (including phenoxy) is 2. The van der Waals surface area contributed by atoms with Gasteiger partial charge in [-0.05, 0) is 31.4 Å². The average molecular weight is 278 g/mol. The second-order valence-corrected chi connectivity index (χ2v) is 4.91. The first-order valence-electron chi connectivity index (χ1n) is 7.70. The first-order chi connectivity index (χ1) is 9.77. The molecule has 0 aromatic heterocycles. The lowest BCUT2D eigenvalue weighted by Gasteiger charge is -2.09. The predicted octanol–water partition coefficient (Wildman–Crippen LogP) is 5.12. The highest BCUT2D eigenvalue weighted by Crippen LogP contribution is 2.21. The van der Waals surface area contributed by atoms with Gasteiger partial charge >= 0.3 is 6.16 Å². The molecule has 0 aliphatic heterocycles. The number of rotatable bonds is 9. The second-order valence-electron chi connectivity index (χ2n) is 4.91. The van der Waals surface area contributed by atoms with Gasteiger partial charge in [0.25, 0.3) is 0 Å². The lowest BCUT2D eigenvalue weighted by atomic mass is 10.0. The number of para-hydroxylation sites is 1. The number of hydrogen-bond acceptors (Lipinski definition) is 3. The molecule has 0 unspecified atom stereocenters. The van der Waals surface area contributed by atoms with Crippen molar-refractivity contribution in [3.8, 4) is 5.75 Å². The highest BCUT2D eigenvalue weighted by molar-refractivity contribution is 5.64. The summed E-state index contributed by atoms with van der Waals surface area (Å²) in [5.41, 5.74) is 1.08. The van der Waals surface area contributed by atoms with Crippen LogP contribution in [0, 0.1) is 0 Å². The summed E-state index contributed by atoms with van der Waals surface area (Å²) >= 11 is 0. The van der Waals surface area contributed by atoms with Crippen molar-refractivity contribution in [2.24, 2.45) is 0 Å². The van der Waals surface area contributed by atoms with E-state index in [4.69, 9.17) is 9.47 Å². The third kappa shape index (κ3) is 6.60. The topological polar surface area (TPSA) is 35.5 Å². The molecule has 0 atom stereocenters. The summed E-state index contributed by atoms with van der Waals surface area (Å²) in [6, 6.07) is 7.69. The number of carbonyl (C=O) groups is 1. The van der Waals surface area contributed by atoms with Crippen molar-refractivity contribution in [3.63, 3.8) is 0 Å². The standard InChI is InChI=1S/C17H26O3/c1-3-5-6-7-8-9-12-15-13-10-11-14-16(15)20-17(18)19-4-2/h10-11,13-14H,3-9,12H2,1-2H3. The van der Waals surface area contributed by atoms with Crippen LogP contribution in [0.3, 0.4) is 0 Å². The van der Waals surface area contributed by atoms with Crippen LogP contribution in [0.5, 0.6) is 5.75 Å². The molecule has 0 fully saturated rings. The molecule has 3 nitrogen and oxygen atoms in total. The zero-order valence-corrected chi connectivity index (χ0v) is 12.7. The highest BCUT2D eigenvalue weighted by Gasteiger charge is 2.09. The SMILES string of the molecule is CCCCCCCCc1ccccc1OC(=O)OCC. The number of benzene rings is 1. The molecule has 0 aliphatic rings. The molecule has 20 heavy (non-hydrogen) atoms. The molecule has 0 saturated heterocycles. The van der Waals surface area contributed by atoms with Gasteiger partial charge in [-0.3, -0.25) is 0 Å². The number of aryl methyl sites for hydroxylation is 1. The lowest BCUT2D eigenvalue weighted by molar-refractivity contribution is 0.104. The van der Waals surface area contributed by atoms with E-state index in [1.807, 2.05) is 24.3 Å². The van der Waals surface area contributed by atoms with Crippen LogP contribution < -0.4 is 4.74 Å². The van der Waals surface area contributed by atoms with Gasteiger partial charge in [-0.15, -0.1) is 0 Å². The maximum atomic E-state index is 11.4. The Morgan fingerprint density at radius 2 is 1.70 bits per heavy atom. The summed E-state index contributed by atoms with van der Waals surface area (Å²) in [7, 11) is 0. The van der Waals surface area contributed by atoms with Crippen molar-refractivity contribution in [3.05, 3.63) is 29.8 Å². The number of hydrogen-bond donors (Lipinski definition) is 0. The van der Waals surface area contributed by atoms with Crippen LogP contribution in [0.25, 0.3) is 0 Å². The van der Waals surface area contributed by atoms with Crippen LogP contribution in [0.1, 0.15) is 57.9 Å². The van der Waals surface area contributed by atoms with E-state index >= 15 is 0 Å². The van der Waals surface area contributed by atoms with Crippen LogP contribution in [-0.2, 0) is 11.2 Å². The molecule has 0 N–H and O–H groups in total. The molecule has 3 heteroatoms. The van der Waals surface area contributed by atoms with Crippen LogP contribution in [-0.4, -0.2) is 12.8 Å². The third-order valence-corrected chi connectivity index (χ3v) is 3.23. The number of carbonyl (C=O) groups excluding carboxylic acids is 1. The largest absolute Gasteiger partial charge is 0.513 e. The van der Waals surface area contributed by atoms with E-state index in [-0.39, 0.29) is 0 Å². The maximum absolute atomic E-state index is 11.4. The Morgan fingerprint density at radius 1 is 1.00 bits per heavy atom. The van der Waals surface area contributed by atoms with Gasteiger partial charge in [-0.2, -0.15) is 0 Å². The summed E-state index contributed by atoms with van der Waals surface area (Å²) in [4.78, 5) is 11.4. The van der Waals surface area contributed by atoms with E-state index in [0.717, 1.165) is 18.4 Å². The average Bonchev–Trinajstić information content (AvgIpc) is 2.44. The Hall–Kier alpha value is -1.51. The van der Waals surface area contributed by atoms with E-state index in [1.54, 1.807) is 6.92 Å².